The lowest BCUT2D eigenvalue weighted by molar-refractivity contribution is -0.141. The number of alkyl carbamates (subject to hydrolysis) is 1. The third-order valence-corrected chi connectivity index (χ3v) is 3.92. The molecule has 1 fully saturated rings. The highest BCUT2D eigenvalue weighted by Crippen LogP contribution is 2.13. The predicted molar refractivity (Wildman–Crippen MR) is 95.3 cm³/mol. The predicted octanol–water partition coefficient (Wildman–Crippen LogP) is 2.37. The summed E-state index contributed by atoms with van der Waals surface area (Å²) in [7, 11) is 0. The van der Waals surface area contributed by atoms with Gasteiger partial charge in [-0.15, -0.1) is 0 Å². The number of carbonyl (C=O) groups is 2. The molecule has 2 unspecified atom stereocenters. The van der Waals surface area contributed by atoms with E-state index < -0.39 is 17.7 Å². The highest BCUT2D eigenvalue weighted by Gasteiger charge is 2.32. The van der Waals surface area contributed by atoms with Crippen LogP contribution in [0.25, 0.3) is 0 Å². The molecular weight excluding hydrogens is 320 g/mol. The van der Waals surface area contributed by atoms with Gasteiger partial charge in [-0.25, -0.2) is 4.79 Å². The largest absolute Gasteiger partial charge is 0.444 e. The lowest BCUT2D eigenvalue weighted by Gasteiger charge is -2.36. The molecule has 6 heteroatoms. The molecule has 1 aromatic carbocycles. The Labute approximate surface area is 149 Å². The zero-order chi connectivity index (χ0) is 18.4. The number of hydrogen-bond acceptors (Lipinski definition) is 4. The molecule has 0 aliphatic carbocycles. The third-order valence-electron chi connectivity index (χ3n) is 3.92. The first-order valence-electron chi connectivity index (χ1n) is 8.68. The Morgan fingerprint density at radius 1 is 1.32 bits per heavy atom. The van der Waals surface area contributed by atoms with Crippen LogP contribution in [0.2, 0.25) is 0 Å². The summed E-state index contributed by atoms with van der Waals surface area (Å²) in [6, 6.07) is 8.96. The van der Waals surface area contributed by atoms with E-state index in [1.807, 2.05) is 37.3 Å². The average molecular weight is 348 g/mol. The fourth-order valence-corrected chi connectivity index (χ4v) is 2.75. The lowest BCUT2D eigenvalue weighted by atomic mass is 10.0. The highest BCUT2D eigenvalue weighted by molar-refractivity contribution is 5.86. The average Bonchev–Trinajstić information content (AvgIpc) is 2.53. The Morgan fingerprint density at radius 3 is 2.60 bits per heavy atom. The summed E-state index contributed by atoms with van der Waals surface area (Å²) in [5.41, 5.74) is 0.370. The van der Waals surface area contributed by atoms with Crippen molar-refractivity contribution in [3.05, 3.63) is 35.9 Å². The molecular formula is C19H28N2O4. The van der Waals surface area contributed by atoms with Crippen molar-refractivity contribution >= 4 is 12.0 Å². The van der Waals surface area contributed by atoms with Gasteiger partial charge in [-0.2, -0.15) is 0 Å². The summed E-state index contributed by atoms with van der Waals surface area (Å²) < 4.78 is 10.7. The van der Waals surface area contributed by atoms with E-state index in [0.717, 1.165) is 5.56 Å². The number of nitrogens with zero attached hydrogens (tertiary/aromatic N) is 1. The number of morpholine rings is 1. The molecule has 1 saturated heterocycles. The van der Waals surface area contributed by atoms with Gasteiger partial charge in [0.2, 0.25) is 5.91 Å². The van der Waals surface area contributed by atoms with Gasteiger partial charge >= 0.3 is 6.09 Å². The Kier molecular flexibility index (Phi) is 6.42. The standard InChI is InChI=1S/C19H28N2O4/c1-14-13-24-11-10-21(14)17(22)16(12-15-8-6-5-7-9-15)20-18(23)25-19(2,3)4/h5-9,14,16H,10-13H2,1-4H3,(H,20,23). The summed E-state index contributed by atoms with van der Waals surface area (Å²) in [6.07, 6.45) is -0.161. The fourth-order valence-electron chi connectivity index (χ4n) is 2.75. The smallest absolute Gasteiger partial charge is 0.408 e. The monoisotopic (exact) mass is 348 g/mol. The van der Waals surface area contributed by atoms with Gasteiger partial charge in [0.1, 0.15) is 11.6 Å². The second kappa shape index (κ2) is 8.34. The second-order valence-corrected chi connectivity index (χ2v) is 7.34. The number of amides is 2. The molecule has 1 N–H and O–H groups in total. The van der Waals surface area contributed by atoms with Crippen molar-refractivity contribution in [2.75, 3.05) is 19.8 Å². The van der Waals surface area contributed by atoms with Crippen molar-refractivity contribution in [3.8, 4) is 0 Å². The maximum Gasteiger partial charge on any atom is 0.408 e. The Balaban J connectivity index is 2.13. The van der Waals surface area contributed by atoms with Crippen LogP contribution in [0.4, 0.5) is 4.79 Å². The van der Waals surface area contributed by atoms with Gasteiger partial charge in [-0.3, -0.25) is 4.79 Å². The molecule has 2 rings (SSSR count). The van der Waals surface area contributed by atoms with E-state index in [9.17, 15) is 9.59 Å². The Hall–Kier alpha value is -2.08. The number of rotatable bonds is 4. The van der Waals surface area contributed by atoms with Crippen LogP contribution in [0.1, 0.15) is 33.3 Å². The summed E-state index contributed by atoms with van der Waals surface area (Å²) >= 11 is 0. The topological polar surface area (TPSA) is 67.9 Å². The van der Waals surface area contributed by atoms with Crippen LogP contribution >= 0.6 is 0 Å². The first kappa shape index (κ1) is 19.2. The van der Waals surface area contributed by atoms with E-state index in [0.29, 0.717) is 26.2 Å². The molecule has 1 aliphatic rings. The normalized spacial score (nSPS) is 19.2. The molecule has 1 aromatic rings. The van der Waals surface area contributed by atoms with Gasteiger partial charge in [-0.05, 0) is 33.3 Å². The Bertz CT molecular complexity index is 583. The molecule has 0 bridgehead atoms. The van der Waals surface area contributed by atoms with Gasteiger partial charge in [0, 0.05) is 13.0 Å². The Morgan fingerprint density at radius 2 is 2.00 bits per heavy atom. The van der Waals surface area contributed by atoms with Crippen LogP contribution in [0.15, 0.2) is 30.3 Å². The SMILES string of the molecule is CC1COCCN1C(=O)C(Cc1ccccc1)NC(=O)OC(C)(C)C. The maximum atomic E-state index is 13.0. The number of carbonyl (C=O) groups excluding carboxylic acids is 2. The van der Waals surface area contributed by atoms with Crippen molar-refractivity contribution < 1.29 is 19.1 Å². The summed E-state index contributed by atoms with van der Waals surface area (Å²) in [6.45, 7) is 8.89. The lowest BCUT2D eigenvalue weighted by Crippen LogP contribution is -2.56. The van der Waals surface area contributed by atoms with Crippen molar-refractivity contribution in [2.45, 2.75) is 51.8 Å². The van der Waals surface area contributed by atoms with Gasteiger partial charge in [-0.1, -0.05) is 30.3 Å². The molecule has 25 heavy (non-hydrogen) atoms. The van der Waals surface area contributed by atoms with Crippen LogP contribution in [-0.2, 0) is 20.7 Å². The highest BCUT2D eigenvalue weighted by atomic mass is 16.6. The zero-order valence-electron chi connectivity index (χ0n) is 15.5. The molecule has 6 nitrogen and oxygen atoms in total. The molecule has 1 aliphatic heterocycles. The van der Waals surface area contributed by atoms with E-state index >= 15 is 0 Å². The van der Waals surface area contributed by atoms with E-state index in [4.69, 9.17) is 9.47 Å². The van der Waals surface area contributed by atoms with E-state index in [2.05, 4.69) is 5.32 Å². The second-order valence-electron chi connectivity index (χ2n) is 7.34. The van der Waals surface area contributed by atoms with Gasteiger partial charge in [0.05, 0.1) is 19.3 Å². The number of nitrogens with one attached hydrogen (secondary N) is 1. The first-order chi connectivity index (χ1) is 11.8. The van der Waals surface area contributed by atoms with Crippen molar-refractivity contribution in [1.29, 1.82) is 0 Å². The van der Waals surface area contributed by atoms with Crippen molar-refractivity contribution in [2.24, 2.45) is 0 Å². The molecule has 0 aromatic heterocycles. The van der Waals surface area contributed by atoms with Gasteiger partial charge in [0.25, 0.3) is 0 Å². The molecule has 2 atom stereocenters. The van der Waals surface area contributed by atoms with Crippen LogP contribution in [0.5, 0.6) is 0 Å². The molecule has 2 amide bonds. The maximum absolute atomic E-state index is 13.0. The molecule has 0 spiro atoms. The van der Waals surface area contributed by atoms with Crippen LogP contribution in [0, 0.1) is 0 Å². The van der Waals surface area contributed by atoms with Gasteiger partial charge < -0.3 is 19.7 Å². The molecule has 0 saturated carbocycles. The van der Waals surface area contributed by atoms with E-state index in [1.165, 1.54) is 0 Å². The summed E-state index contributed by atoms with van der Waals surface area (Å²) in [5.74, 6) is -0.106. The molecule has 1 heterocycles. The third kappa shape index (κ3) is 6.05. The first-order valence-corrected chi connectivity index (χ1v) is 8.68. The van der Waals surface area contributed by atoms with Crippen LogP contribution in [-0.4, -0.2) is 54.3 Å². The number of ether oxygens (including phenoxy) is 2. The van der Waals surface area contributed by atoms with Gasteiger partial charge in [0.15, 0.2) is 0 Å². The minimum atomic E-state index is -0.669. The van der Waals surface area contributed by atoms with E-state index in [1.54, 1.807) is 25.7 Å². The number of benzene rings is 1. The summed E-state index contributed by atoms with van der Waals surface area (Å²) in [4.78, 5) is 27.0. The minimum Gasteiger partial charge on any atom is -0.444 e. The van der Waals surface area contributed by atoms with Crippen LogP contribution in [0.3, 0.4) is 0 Å². The zero-order valence-corrected chi connectivity index (χ0v) is 15.5. The molecule has 0 radical (unpaired) electrons. The summed E-state index contributed by atoms with van der Waals surface area (Å²) in [5, 5.41) is 2.75. The number of hydrogen-bond donors (Lipinski definition) is 1. The van der Waals surface area contributed by atoms with E-state index in [-0.39, 0.29) is 11.9 Å². The van der Waals surface area contributed by atoms with Crippen LogP contribution < -0.4 is 5.32 Å². The fraction of sp³-hybridized carbons (Fsp3) is 0.579. The minimum absolute atomic E-state index is 0.0139. The quantitative estimate of drug-likeness (QED) is 0.907. The van der Waals surface area contributed by atoms with Crippen molar-refractivity contribution in [3.63, 3.8) is 0 Å². The van der Waals surface area contributed by atoms with Crippen molar-refractivity contribution in [1.82, 2.24) is 10.2 Å². The molecule has 138 valence electrons.